The average Bonchev–Trinajstić information content (AvgIpc) is 3.36. The average molecular weight is 422 g/mol. The lowest BCUT2D eigenvalue weighted by Crippen LogP contribution is -2.68. The summed E-state index contributed by atoms with van der Waals surface area (Å²) < 4.78 is 81.2. The fraction of sp³-hybridized carbons (Fsp3) is 0.850. The number of ether oxygens (including phenoxy) is 2. The number of carbonyl (C=O) groups is 1. The van der Waals surface area contributed by atoms with Crippen LogP contribution in [0.3, 0.4) is 0 Å². The number of aliphatic hydroxyl groups is 1. The zero-order valence-corrected chi connectivity index (χ0v) is 16.0. The van der Waals surface area contributed by atoms with E-state index in [-0.39, 0.29) is 30.1 Å². The van der Waals surface area contributed by atoms with Gasteiger partial charge in [0.2, 0.25) is 5.60 Å². The van der Waals surface area contributed by atoms with Gasteiger partial charge in [0.15, 0.2) is 0 Å². The predicted octanol–water partition coefficient (Wildman–Crippen LogP) is 3.69. The molecule has 1 heterocycles. The molecule has 0 spiro atoms. The van der Waals surface area contributed by atoms with E-state index in [0.717, 1.165) is 20.3 Å². The van der Waals surface area contributed by atoms with E-state index in [1.54, 1.807) is 0 Å². The van der Waals surface area contributed by atoms with Gasteiger partial charge in [-0.3, -0.25) is 4.79 Å². The van der Waals surface area contributed by atoms with Crippen LogP contribution in [0.25, 0.3) is 0 Å². The van der Waals surface area contributed by atoms with E-state index in [1.165, 1.54) is 0 Å². The maximum absolute atomic E-state index is 15.5. The summed E-state index contributed by atoms with van der Waals surface area (Å²) in [5.74, 6) is -10.8. The highest BCUT2D eigenvalue weighted by Gasteiger charge is 2.88. The minimum Gasteiger partial charge on any atom is -0.449 e. The highest BCUT2D eigenvalue weighted by atomic mass is 19.4. The van der Waals surface area contributed by atoms with Gasteiger partial charge in [-0.25, -0.2) is 0 Å². The van der Waals surface area contributed by atoms with Crippen molar-refractivity contribution >= 4 is 5.97 Å². The van der Waals surface area contributed by atoms with Crippen LogP contribution < -0.4 is 0 Å². The summed E-state index contributed by atoms with van der Waals surface area (Å²) in [6.45, 7) is 1.93. The predicted molar refractivity (Wildman–Crippen MR) is 88.4 cm³/mol. The third-order valence-corrected chi connectivity index (χ3v) is 8.39. The summed E-state index contributed by atoms with van der Waals surface area (Å²) in [6.07, 6.45) is -1.49. The third-order valence-electron chi connectivity index (χ3n) is 8.39. The number of hydrogen-bond donors (Lipinski definition) is 1. The smallest absolute Gasteiger partial charge is 0.449 e. The lowest BCUT2D eigenvalue weighted by atomic mass is 9.62. The van der Waals surface area contributed by atoms with E-state index in [4.69, 9.17) is 4.74 Å². The number of esters is 1. The van der Waals surface area contributed by atoms with Crippen molar-refractivity contribution in [1.29, 1.82) is 0 Å². The van der Waals surface area contributed by atoms with Gasteiger partial charge in [0, 0.05) is 12.8 Å². The van der Waals surface area contributed by atoms with Crippen LogP contribution in [0.2, 0.25) is 0 Å². The first-order chi connectivity index (χ1) is 13.3. The lowest BCUT2D eigenvalue weighted by Gasteiger charge is -2.48. The molecule has 29 heavy (non-hydrogen) atoms. The van der Waals surface area contributed by atoms with Crippen molar-refractivity contribution in [3.05, 3.63) is 12.2 Å². The van der Waals surface area contributed by atoms with Gasteiger partial charge >= 0.3 is 23.9 Å². The molecule has 4 aliphatic carbocycles. The largest absolute Gasteiger partial charge is 0.449 e. The van der Waals surface area contributed by atoms with Crippen molar-refractivity contribution in [3.63, 3.8) is 0 Å². The summed E-state index contributed by atoms with van der Waals surface area (Å²) >= 11 is 0. The van der Waals surface area contributed by atoms with Crippen molar-refractivity contribution in [2.45, 2.75) is 62.7 Å². The number of allylic oxidation sites excluding steroid dienone is 2. The Morgan fingerprint density at radius 2 is 1.76 bits per heavy atom. The summed E-state index contributed by atoms with van der Waals surface area (Å²) in [5, 5.41) is 10.00. The van der Waals surface area contributed by atoms with Crippen LogP contribution in [-0.4, -0.2) is 40.7 Å². The van der Waals surface area contributed by atoms with Crippen LogP contribution in [0.5, 0.6) is 0 Å². The van der Waals surface area contributed by atoms with Gasteiger partial charge < -0.3 is 14.6 Å². The van der Waals surface area contributed by atoms with Gasteiger partial charge in [-0.2, -0.15) is 22.0 Å². The van der Waals surface area contributed by atoms with Crippen LogP contribution >= 0.6 is 0 Å². The molecule has 10 unspecified atom stereocenters. The Morgan fingerprint density at radius 3 is 2.31 bits per heavy atom. The molecule has 0 aromatic carbocycles. The molecule has 3 saturated carbocycles. The molecule has 5 rings (SSSR count). The molecule has 162 valence electrons. The fourth-order valence-electron chi connectivity index (χ4n) is 7.69. The maximum Gasteiger partial charge on any atom is 0.449 e. The molecule has 1 aliphatic heterocycles. The zero-order valence-electron chi connectivity index (χ0n) is 16.0. The van der Waals surface area contributed by atoms with Crippen molar-refractivity contribution in [2.24, 2.45) is 41.4 Å². The molecular formula is C20H23F5O4. The molecular weight excluding hydrogens is 399 g/mol. The van der Waals surface area contributed by atoms with Crippen molar-refractivity contribution < 1.29 is 41.3 Å². The minimum absolute atomic E-state index is 0.101. The van der Waals surface area contributed by atoms with E-state index >= 15 is 8.78 Å². The van der Waals surface area contributed by atoms with Crippen LogP contribution in [-0.2, 0) is 14.3 Å². The molecule has 1 saturated heterocycles. The zero-order chi connectivity index (χ0) is 21.1. The molecule has 9 heteroatoms. The Kier molecular flexibility index (Phi) is 3.76. The maximum atomic E-state index is 15.5. The lowest BCUT2D eigenvalue weighted by molar-refractivity contribution is -0.413. The van der Waals surface area contributed by atoms with Crippen LogP contribution in [0.4, 0.5) is 22.0 Å². The van der Waals surface area contributed by atoms with Crippen LogP contribution in [0.1, 0.15) is 33.1 Å². The molecule has 0 aromatic rings. The highest BCUT2D eigenvalue weighted by molar-refractivity contribution is 5.67. The fourth-order valence-corrected chi connectivity index (χ4v) is 7.69. The molecule has 0 radical (unpaired) electrons. The van der Waals surface area contributed by atoms with Crippen LogP contribution in [0.15, 0.2) is 12.2 Å². The molecule has 4 nitrogen and oxygen atoms in total. The number of hydrogen-bond acceptors (Lipinski definition) is 4. The Hall–Kier alpha value is -1.22. The Morgan fingerprint density at radius 1 is 1.14 bits per heavy atom. The Labute approximate surface area is 164 Å². The first-order valence-corrected chi connectivity index (χ1v) is 10.1. The van der Waals surface area contributed by atoms with Crippen molar-refractivity contribution in [3.8, 4) is 0 Å². The SMILES string of the molecule is CC(=O)OC1(C2CC3CC2C2C4C=CC(C4)C32)C(C)OC(O)(C(F)(F)F)C1(F)F. The number of rotatable bonds is 2. The Bertz CT molecular complexity index is 781. The molecule has 10 atom stereocenters. The summed E-state index contributed by atoms with van der Waals surface area (Å²) in [4.78, 5) is 11.8. The van der Waals surface area contributed by atoms with E-state index in [9.17, 15) is 23.1 Å². The van der Waals surface area contributed by atoms with E-state index < -0.39 is 41.5 Å². The molecule has 4 bridgehead atoms. The first-order valence-electron chi connectivity index (χ1n) is 10.1. The quantitative estimate of drug-likeness (QED) is 0.319. The van der Waals surface area contributed by atoms with Crippen molar-refractivity contribution in [1.82, 2.24) is 0 Å². The number of alkyl halides is 5. The van der Waals surface area contributed by atoms with Crippen LogP contribution in [0, 0.1) is 41.4 Å². The standard InChI is InChI=1S/C20H23F5O4/c1-8-17(29-9(2)26,18(21,22)19(27,28-8)20(23,24)25)14-7-12-6-13(14)16-11-4-3-10(5-11)15(12)16/h3-4,8,10-16,27H,5-7H2,1-2H3. The van der Waals surface area contributed by atoms with Gasteiger partial charge in [-0.15, -0.1) is 0 Å². The molecule has 1 N–H and O–H groups in total. The normalized spacial score (nSPS) is 54.2. The summed E-state index contributed by atoms with van der Waals surface area (Å²) in [6, 6.07) is 0. The van der Waals surface area contributed by atoms with Gasteiger partial charge in [-0.05, 0) is 61.7 Å². The van der Waals surface area contributed by atoms with Gasteiger partial charge in [0.25, 0.3) is 0 Å². The topological polar surface area (TPSA) is 55.8 Å². The van der Waals surface area contributed by atoms with Gasteiger partial charge in [-0.1, -0.05) is 12.2 Å². The third kappa shape index (κ3) is 2.09. The van der Waals surface area contributed by atoms with E-state index in [0.29, 0.717) is 18.3 Å². The number of halogens is 5. The van der Waals surface area contributed by atoms with Gasteiger partial charge in [0.05, 0.1) is 0 Å². The molecule has 5 aliphatic rings. The van der Waals surface area contributed by atoms with Gasteiger partial charge in [0.1, 0.15) is 6.10 Å². The number of fused-ring (bicyclic) bond motifs is 9. The minimum atomic E-state index is -5.75. The monoisotopic (exact) mass is 422 g/mol. The van der Waals surface area contributed by atoms with E-state index in [1.807, 2.05) is 0 Å². The molecule has 0 aromatic heterocycles. The summed E-state index contributed by atoms with van der Waals surface area (Å²) in [5.41, 5.74) is -2.86. The number of carbonyl (C=O) groups excluding carboxylic acids is 1. The molecule has 0 amide bonds. The second kappa shape index (κ2) is 5.52. The second-order valence-electron chi connectivity index (χ2n) is 9.47. The van der Waals surface area contributed by atoms with E-state index in [2.05, 4.69) is 16.9 Å². The molecule has 4 fully saturated rings. The Balaban J connectivity index is 1.60. The second-order valence-corrected chi connectivity index (χ2v) is 9.47. The first kappa shape index (κ1) is 19.7. The summed E-state index contributed by atoms with van der Waals surface area (Å²) in [7, 11) is 0. The highest BCUT2D eigenvalue weighted by Crippen LogP contribution is 2.72. The van der Waals surface area contributed by atoms with Crippen molar-refractivity contribution in [2.75, 3.05) is 0 Å².